The Labute approximate surface area is 265 Å². The molecule has 1 nitrogen and oxygen atoms in total. The molecule has 0 spiro atoms. The molecule has 8 aromatic rings. The van der Waals surface area contributed by atoms with Gasteiger partial charge in [0.25, 0.3) is 0 Å². The van der Waals surface area contributed by atoms with Crippen LogP contribution in [0.4, 0.5) is 0 Å². The molecule has 0 unspecified atom stereocenters. The van der Waals surface area contributed by atoms with Crippen LogP contribution in [0.1, 0.15) is 5.56 Å². The molecule has 0 aliphatic heterocycles. The van der Waals surface area contributed by atoms with E-state index in [9.17, 15) is 0 Å². The first-order valence-electron chi connectivity index (χ1n) is 15.6. The molecule has 7 aromatic carbocycles. The van der Waals surface area contributed by atoms with Gasteiger partial charge in [-0.05, 0) is 68.6 Å². The maximum absolute atomic E-state index is 2.65. The zero-order valence-electron chi connectivity index (χ0n) is 25.3. The third-order valence-electron chi connectivity index (χ3n) is 9.35. The van der Waals surface area contributed by atoms with Crippen molar-refractivity contribution in [1.82, 2.24) is 4.57 Å². The van der Waals surface area contributed by atoms with Crippen molar-refractivity contribution in [2.45, 2.75) is 6.92 Å². The van der Waals surface area contributed by atoms with Crippen molar-refractivity contribution < 1.29 is 0 Å². The fourth-order valence-corrected chi connectivity index (χ4v) is 12.5. The molecule has 2 heteroatoms. The standard InChI is InChI=1S/C43H33NSi/c1-32-38(33-17-15-18-34(31-33)44-41-28-13-11-25-39(41)40-26-12-14-29-42(40)44)27-16-30-43(32)45(35-19-5-2-6-20-35,36-21-7-3-8-22-36)37-23-9-4-10-24-37/h2-31H,1H3. The monoisotopic (exact) mass is 591 g/mol. The van der Waals surface area contributed by atoms with E-state index in [1.807, 2.05) is 0 Å². The molecule has 0 amide bonds. The fraction of sp³-hybridized carbons (Fsp3) is 0.0233. The Morgan fingerprint density at radius 2 is 0.889 bits per heavy atom. The van der Waals surface area contributed by atoms with E-state index in [0.29, 0.717) is 0 Å². The summed E-state index contributed by atoms with van der Waals surface area (Å²) in [6.07, 6.45) is 0. The first-order chi connectivity index (χ1) is 22.3. The Kier molecular flexibility index (Phi) is 6.78. The van der Waals surface area contributed by atoms with Gasteiger partial charge in [-0.3, -0.25) is 0 Å². The van der Waals surface area contributed by atoms with E-state index in [1.54, 1.807) is 0 Å². The lowest BCUT2D eigenvalue weighted by molar-refractivity contribution is 1.18. The summed E-state index contributed by atoms with van der Waals surface area (Å²) in [6, 6.07) is 67.0. The number of aromatic nitrogens is 1. The van der Waals surface area contributed by atoms with Crippen molar-refractivity contribution >= 4 is 50.6 Å². The Morgan fingerprint density at radius 3 is 1.42 bits per heavy atom. The van der Waals surface area contributed by atoms with Gasteiger partial charge in [0, 0.05) is 16.5 Å². The van der Waals surface area contributed by atoms with Crippen LogP contribution in [0.5, 0.6) is 0 Å². The van der Waals surface area contributed by atoms with Gasteiger partial charge >= 0.3 is 0 Å². The van der Waals surface area contributed by atoms with Crippen molar-refractivity contribution in [2.75, 3.05) is 0 Å². The Morgan fingerprint density at radius 1 is 0.422 bits per heavy atom. The molecule has 214 valence electrons. The van der Waals surface area contributed by atoms with Gasteiger partial charge in [0.2, 0.25) is 0 Å². The second-order valence-corrected chi connectivity index (χ2v) is 15.5. The predicted molar refractivity (Wildman–Crippen MR) is 195 cm³/mol. The summed E-state index contributed by atoms with van der Waals surface area (Å²) in [4.78, 5) is 0. The second-order valence-electron chi connectivity index (χ2n) is 11.7. The van der Waals surface area contributed by atoms with Crippen LogP contribution in [0.2, 0.25) is 0 Å². The van der Waals surface area contributed by atoms with Crippen LogP contribution < -0.4 is 20.7 Å². The maximum Gasteiger partial charge on any atom is 0.179 e. The highest BCUT2D eigenvalue weighted by Crippen LogP contribution is 2.33. The summed E-state index contributed by atoms with van der Waals surface area (Å²) in [6.45, 7) is 2.33. The molecule has 0 aliphatic carbocycles. The number of fused-ring (bicyclic) bond motifs is 3. The molecule has 8 rings (SSSR count). The van der Waals surface area contributed by atoms with Crippen LogP contribution in [-0.4, -0.2) is 12.6 Å². The second kappa shape index (κ2) is 11.2. The van der Waals surface area contributed by atoms with Crippen molar-refractivity contribution in [3.63, 3.8) is 0 Å². The average molecular weight is 592 g/mol. The minimum atomic E-state index is -2.65. The van der Waals surface area contributed by atoms with Gasteiger partial charge in [0.1, 0.15) is 0 Å². The SMILES string of the molecule is Cc1c(-c2cccc(-n3c4ccccc4c4ccccc43)c2)cccc1[Si](c1ccccc1)(c1ccccc1)c1ccccc1. The summed E-state index contributed by atoms with van der Waals surface area (Å²) >= 11 is 0. The van der Waals surface area contributed by atoms with E-state index < -0.39 is 8.07 Å². The smallest absolute Gasteiger partial charge is 0.179 e. The molecule has 1 heterocycles. The van der Waals surface area contributed by atoms with Crippen LogP contribution in [-0.2, 0) is 0 Å². The number of rotatable bonds is 6. The molecule has 0 atom stereocenters. The third kappa shape index (κ3) is 4.37. The van der Waals surface area contributed by atoms with Gasteiger partial charge in [-0.1, -0.05) is 158 Å². The van der Waals surface area contributed by atoms with Crippen molar-refractivity contribution in [1.29, 1.82) is 0 Å². The average Bonchev–Trinajstić information content (AvgIpc) is 3.45. The largest absolute Gasteiger partial charge is 0.309 e. The van der Waals surface area contributed by atoms with E-state index >= 15 is 0 Å². The minimum Gasteiger partial charge on any atom is -0.309 e. The van der Waals surface area contributed by atoms with E-state index in [-0.39, 0.29) is 0 Å². The Bertz CT molecular complexity index is 2120. The first kappa shape index (κ1) is 27.1. The molecule has 1 aromatic heterocycles. The van der Waals surface area contributed by atoms with Gasteiger partial charge in [-0.25, -0.2) is 0 Å². The lowest BCUT2D eigenvalue weighted by Crippen LogP contribution is -2.75. The molecular formula is C43H33NSi. The van der Waals surface area contributed by atoms with E-state index in [2.05, 4.69) is 193 Å². The highest BCUT2D eigenvalue weighted by Gasteiger charge is 2.42. The topological polar surface area (TPSA) is 4.93 Å². The van der Waals surface area contributed by atoms with Crippen LogP contribution in [0.25, 0.3) is 38.6 Å². The number of nitrogens with zero attached hydrogens (tertiary/aromatic N) is 1. The highest BCUT2D eigenvalue weighted by atomic mass is 28.3. The number of hydrogen-bond acceptors (Lipinski definition) is 0. The number of hydrogen-bond donors (Lipinski definition) is 0. The summed E-state index contributed by atoms with van der Waals surface area (Å²) < 4.78 is 2.41. The minimum absolute atomic E-state index is 1.17. The van der Waals surface area contributed by atoms with E-state index in [4.69, 9.17) is 0 Å². The fourth-order valence-electron chi connectivity index (χ4n) is 7.40. The quantitative estimate of drug-likeness (QED) is 0.136. The van der Waals surface area contributed by atoms with Gasteiger partial charge in [-0.2, -0.15) is 0 Å². The zero-order chi connectivity index (χ0) is 30.2. The predicted octanol–water partition coefficient (Wildman–Crippen LogP) is 8.14. The molecule has 0 radical (unpaired) electrons. The molecule has 0 N–H and O–H groups in total. The highest BCUT2D eigenvalue weighted by molar-refractivity contribution is 7.20. The van der Waals surface area contributed by atoms with Crippen LogP contribution in [0.3, 0.4) is 0 Å². The Balaban J connectivity index is 1.38. The molecule has 0 fully saturated rings. The van der Waals surface area contributed by atoms with E-state index in [0.717, 1.165) is 0 Å². The molecule has 45 heavy (non-hydrogen) atoms. The van der Waals surface area contributed by atoms with Gasteiger partial charge in [0.15, 0.2) is 8.07 Å². The van der Waals surface area contributed by atoms with Gasteiger partial charge in [0.05, 0.1) is 11.0 Å². The van der Waals surface area contributed by atoms with Gasteiger partial charge < -0.3 is 4.57 Å². The molecule has 0 saturated heterocycles. The number of para-hydroxylation sites is 2. The summed E-state index contributed by atoms with van der Waals surface area (Å²) in [7, 11) is -2.65. The van der Waals surface area contributed by atoms with Gasteiger partial charge in [-0.15, -0.1) is 0 Å². The van der Waals surface area contributed by atoms with Crippen LogP contribution in [0.15, 0.2) is 182 Å². The van der Waals surface area contributed by atoms with Crippen molar-refractivity contribution in [3.05, 3.63) is 188 Å². The van der Waals surface area contributed by atoms with Crippen molar-refractivity contribution in [3.8, 4) is 16.8 Å². The van der Waals surface area contributed by atoms with E-state index in [1.165, 1.54) is 64.9 Å². The lowest BCUT2D eigenvalue weighted by atomic mass is 10.00. The number of benzene rings is 7. The molecule has 0 bridgehead atoms. The summed E-state index contributed by atoms with van der Waals surface area (Å²) in [5, 5.41) is 8.15. The molecule has 0 aliphatic rings. The maximum atomic E-state index is 2.41. The summed E-state index contributed by atoms with van der Waals surface area (Å²) in [5.41, 5.74) is 7.46. The van der Waals surface area contributed by atoms with Crippen LogP contribution >= 0.6 is 0 Å². The summed E-state index contributed by atoms with van der Waals surface area (Å²) in [5.74, 6) is 0. The Hall–Kier alpha value is -5.44. The zero-order valence-corrected chi connectivity index (χ0v) is 26.3. The third-order valence-corrected chi connectivity index (χ3v) is 14.3. The van der Waals surface area contributed by atoms with Crippen LogP contribution in [0, 0.1) is 6.92 Å². The lowest BCUT2D eigenvalue weighted by Gasteiger charge is -2.36. The normalized spacial score (nSPS) is 11.7. The van der Waals surface area contributed by atoms with Crippen molar-refractivity contribution in [2.24, 2.45) is 0 Å². The molecular weight excluding hydrogens is 559 g/mol. The first-order valence-corrected chi connectivity index (χ1v) is 17.6. The molecule has 0 saturated carbocycles.